The molecule has 17 heavy (non-hydrogen) atoms. The molecule has 0 amide bonds. The van der Waals surface area contributed by atoms with Crippen LogP contribution in [0.2, 0.25) is 0 Å². The summed E-state index contributed by atoms with van der Waals surface area (Å²) in [6.45, 7) is 12.1. The molecule has 88 valence electrons. The number of nitrogens with zero attached hydrogens (tertiary/aromatic N) is 3. The van der Waals surface area contributed by atoms with Crippen molar-refractivity contribution in [1.29, 1.82) is 0 Å². The van der Waals surface area contributed by atoms with Crippen molar-refractivity contribution in [1.82, 2.24) is 4.98 Å². The number of fused-ring (bicyclic) bond motifs is 4. The van der Waals surface area contributed by atoms with Crippen molar-refractivity contribution in [2.24, 2.45) is 0 Å². The SMILES string of the molecule is C=CN1c2nc(C(=C)C)ccc2N2CCC1C2. The summed E-state index contributed by atoms with van der Waals surface area (Å²) in [5.41, 5.74) is 3.20. The highest BCUT2D eigenvalue weighted by Crippen LogP contribution is 2.39. The van der Waals surface area contributed by atoms with E-state index in [4.69, 9.17) is 4.98 Å². The third kappa shape index (κ3) is 1.46. The molecular formula is C14H17N3. The van der Waals surface area contributed by atoms with Crippen LogP contribution < -0.4 is 9.80 Å². The van der Waals surface area contributed by atoms with E-state index < -0.39 is 0 Å². The highest BCUT2D eigenvalue weighted by Gasteiger charge is 2.35. The third-order valence-electron chi connectivity index (χ3n) is 3.63. The van der Waals surface area contributed by atoms with Crippen molar-refractivity contribution in [2.45, 2.75) is 19.4 Å². The fraction of sp³-hybridized carbons (Fsp3) is 0.357. The van der Waals surface area contributed by atoms with Crippen LogP contribution in [0.15, 0.2) is 31.5 Å². The van der Waals surface area contributed by atoms with Gasteiger partial charge in [-0.3, -0.25) is 0 Å². The molecule has 3 heteroatoms. The number of rotatable bonds is 2. The summed E-state index contributed by atoms with van der Waals surface area (Å²) >= 11 is 0. The first-order valence-electron chi connectivity index (χ1n) is 6.03. The first-order chi connectivity index (χ1) is 8.20. The van der Waals surface area contributed by atoms with Gasteiger partial charge < -0.3 is 9.80 Å². The van der Waals surface area contributed by atoms with Gasteiger partial charge in [0.1, 0.15) is 0 Å². The maximum Gasteiger partial charge on any atom is 0.157 e. The molecule has 0 N–H and O–H groups in total. The molecule has 3 heterocycles. The van der Waals surface area contributed by atoms with Gasteiger partial charge in [0.15, 0.2) is 5.82 Å². The fourth-order valence-corrected chi connectivity index (χ4v) is 2.71. The van der Waals surface area contributed by atoms with E-state index in [0.717, 1.165) is 30.2 Å². The van der Waals surface area contributed by atoms with Crippen LogP contribution in [0.4, 0.5) is 11.5 Å². The van der Waals surface area contributed by atoms with Crippen LogP contribution >= 0.6 is 0 Å². The minimum absolute atomic E-state index is 0.535. The van der Waals surface area contributed by atoms with E-state index in [0.29, 0.717) is 6.04 Å². The van der Waals surface area contributed by atoms with Gasteiger partial charge in [-0.05, 0) is 37.3 Å². The zero-order chi connectivity index (χ0) is 12.0. The van der Waals surface area contributed by atoms with Gasteiger partial charge in [-0.25, -0.2) is 4.98 Å². The van der Waals surface area contributed by atoms with Gasteiger partial charge in [-0.1, -0.05) is 13.2 Å². The Morgan fingerprint density at radius 2 is 2.35 bits per heavy atom. The fourth-order valence-electron chi connectivity index (χ4n) is 2.71. The molecule has 2 aliphatic heterocycles. The van der Waals surface area contributed by atoms with Crippen LogP contribution in [0, 0.1) is 0 Å². The van der Waals surface area contributed by atoms with E-state index in [9.17, 15) is 0 Å². The number of hydrogen-bond donors (Lipinski definition) is 0. The quantitative estimate of drug-likeness (QED) is 0.774. The number of aromatic nitrogens is 1. The highest BCUT2D eigenvalue weighted by molar-refractivity contribution is 5.75. The zero-order valence-electron chi connectivity index (χ0n) is 10.2. The molecule has 3 rings (SSSR count). The standard InChI is InChI=1S/C14H17N3/c1-4-17-11-7-8-16(9-11)13-6-5-12(10(2)3)15-14(13)17/h4-6,11H,1-2,7-9H2,3H3. The van der Waals surface area contributed by atoms with Crippen LogP contribution in [-0.4, -0.2) is 24.1 Å². The Kier molecular flexibility index (Phi) is 2.21. The van der Waals surface area contributed by atoms with Crippen LogP contribution in [0.25, 0.3) is 5.57 Å². The summed E-state index contributed by atoms with van der Waals surface area (Å²) in [4.78, 5) is 9.34. The molecule has 3 nitrogen and oxygen atoms in total. The lowest BCUT2D eigenvalue weighted by atomic mass is 10.1. The zero-order valence-corrected chi connectivity index (χ0v) is 10.2. The topological polar surface area (TPSA) is 19.4 Å². The van der Waals surface area contributed by atoms with Gasteiger partial charge in [0, 0.05) is 13.1 Å². The summed E-state index contributed by atoms with van der Waals surface area (Å²) in [5, 5.41) is 0. The Balaban J connectivity index is 2.14. The number of hydrogen-bond acceptors (Lipinski definition) is 3. The van der Waals surface area contributed by atoms with E-state index in [1.807, 2.05) is 13.1 Å². The molecule has 1 atom stereocenters. The van der Waals surface area contributed by atoms with E-state index in [1.165, 1.54) is 12.1 Å². The van der Waals surface area contributed by atoms with Crippen LogP contribution in [-0.2, 0) is 0 Å². The molecule has 2 aliphatic rings. The molecule has 0 spiro atoms. The Morgan fingerprint density at radius 3 is 3.06 bits per heavy atom. The van der Waals surface area contributed by atoms with Gasteiger partial charge in [-0.2, -0.15) is 0 Å². The second kappa shape index (κ2) is 3.62. The molecular weight excluding hydrogens is 210 g/mol. The van der Waals surface area contributed by atoms with Crippen molar-refractivity contribution in [3.63, 3.8) is 0 Å². The molecule has 0 radical (unpaired) electrons. The first-order valence-corrected chi connectivity index (χ1v) is 6.03. The second-order valence-electron chi connectivity index (χ2n) is 4.80. The predicted octanol–water partition coefficient (Wildman–Crippen LogP) is 2.66. The number of pyridine rings is 1. The van der Waals surface area contributed by atoms with E-state index in [1.54, 1.807) is 0 Å². The Hall–Kier alpha value is -1.77. The largest absolute Gasteiger partial charge is 0.366 e. The molecule has 0 aliphatic carbocycles. The van der Waals surface area contributed by atoms with Crippen LogP contribution in [0.1, 0.15) is 19.0 Å². The molecule has 1 aromatic heterocycles. The molecule has 1 fully saturated rings. The van der Waals surface area contributed by atoms with Crippen molar-refractivity contribution >= 4 is 17.1 Å². The summed E-state index contributed by atoms with van der Waals surface area (Å²) in [7, 11) is 0. The van der Waals surface area contributed by atoms with Gasteiger partial charge in [0.2, 0.25) is 0 Å². The van der Waals surface area contributed by atoms with Crippen molar-refractivity contribution in [3.8, 4) is 0 Å². The van der Waals surface area contributed by atoms with Gasteiger partial charge in [-0.15, -0.1) is 0 Å². The average Bonchev–Trinajstić information content (AvgIpc) is 2.74. The predicted molar refractivity (Wildman–Crippen MR) is 72.2 cm³/mol. The Morgan fingerprint density at radius 1 is 1.53 bits per heavy atom. The Bertz CT molecular complexity index is 492. The average molecular weight is 227 g/mol. The lowest BCUT2D eigenvalue weighted by Gasteiger charge is -2.35. The monoisotopic (exact) mass is 227 g/mol. The first kappa shape index (κ1) is 10.4. The maximum atomic E-state index is 4.72. The molecule has 0 aromatic carbocycles. The molecule has 2 bridgehead atoms. The minimum atomic E-state index is 0.535. The molecule has 1 unspecified atom stereocenters. The van der Waals surface area contributed by atoms with Gasteiger partial charge in [0.05, 0.1) is 17.4 Å². The van der Waals surface area contributed by atoms with Crippen molar-refractivity contribution < 1.29 is 0 Å². The highest BCUT2D eigenvalue weighted by atomic mass is 15.3. The lowest BCUT2D eigenvalue weighted by Crippen LogP contribution is -2.39. The number of allylic oxidation sites excluding steroid dienone is 1. The minimum Gasteiger partial charge on any atom is -0.366 e. The van der Waals surface area contributed by atoms with E-state index in [2.05, 4.69) is 35.1 Å². The third-order valence-corrected chi connectivity index (χ3v) is 3.63. The molecule has 1 aromatic rings. The Labute approximate surface area is 102 Å². The van der Waals surface area contributed by atoms with Crippen molar-refractivity contribution in [2.75, 3.05) is 22.9 Å². The molecule has 1 saturated heterocycles. The van der Waals surface area contributed by atoms with E-state index >= 15 is 0 Å². The normalized spacial score (nSPS) is 21.4. The summed E-state index contributed by atoms with van der Waals surface area (Å²) in [5.74, 6) is 1.04. The van der Waals surface area contributed by atoms with Crippen LogP contribution in [0.5, 0.6) is 0 Å². The van der Waals surface area contributed by atoms with Crippen molar-refractivity contribution in [3.05, 3.63) is 37.2 Å². The molecule has 0 saturated carbocycles. The summed E-state index contributed by atoms with van der Waals surface area (Å²) in [6.07, 6.45) is 3.09. The van der Waals surface area contributed by atoms with Gasteiger partial charge in [0.25, 0.3) is 0 Å². The lowest BCUT2D eigenvalue weighted by molar-refractivity contribution is 0.695. The summed E-state index contributed by atoms with van der Waals surface area (Å²) < 4.78 is 0. The smallest absolute Gasteiger partial charge is 0.157 e. The second-order valence-corrected chi connectivity index (χ2v) is 4.80. The number of anilines is 2. The van der Waals surface area contributed by atoms with E-state index in [-0.39, 0.29) is 0 Å². The van der Waals surface area contributed by atoms with Gasteiger partial charge >= 0.3 is 0 Å². The maximum absolute atomic E-state index is 4.72. The summed E-state index contributed by atoms with van der Waals surface area (Å²) in [6, 6.07) is 4.75. The van der Waals surface area contributed by atoms with Crippen LogP contribution in [0.3, 0.4) is 0 Å².